The van der Waals surface area contributed by atoms with Gasteiger partial charge in [-0.25, -0.2) is 9.59 Å². The van der Waals surface area contributed by atoms with E-state index in [1.807, 2.05) is 0 Å². The molecule has 18 heavy (non-hydrogen) atoms. The van der Waals surface area contributed by atoms with Gasteiger partial charge in [0.15, 0.2) is 0 Å². The second-order valence-corrected chi connectivity index (χ2v) is 5.72. The lowest BCUT2D eigenvalue weighted by Crippen LogP contribution is -2.52. The van der Waals surface area contributed by atoms with Crippen LogP contribution in [0, 0.1) is 5.41 Å². The number of carboxylic acid groups (broad SMARTS) is 1. The third-order valence-corrected chi connectivity index (χ3v) is 2.82. The molecular formula is C13H26N2O3. The molecule has 5 heteroatoms. The Kier molecular flexibility index (Phi) is 6.73. The number of unbranched alkanes of at least 4 members (excludes halogenated alkanes) is 2. The molecule has 5 nitrogen and oxygen atoms in total. The summed E-state index contributed by atoms with van der Waals surface area (Å²) in [5.74, 6) is -1.00. The van der Waals surface area contributed by atoms with Crippen molar-refractivity contribution < 1.29 is 14.7 Å². The monoisotopic (exact) mass is 258 g/mol. The first-order valence-electron chi connectivity index (χ1n) is 6.44. The lowest BCUT2D eigenvalue weighted by atomic mass is 9.87. The molecule has 0 bridgehead atoms. The quantitative estimate of drug-likeness (QED) is 0.718. The van der Waals surface area contributed by atoms with E-state index in [4.69, 9.17) is 5.11 Å². The molecule has 0 aliphatic rings. The SMILES string of the molecule is CCCCCN(C)C(=O)NC(C(=O)O)C(C)(C)C. The fraction of sp³-hybridized carbons (Fsp3) is 0.846. The van der Waals surface area contributed by atoms with Gasteiger partial charge in [0.2, 0.25) is 0 Å². The van der Waals surface area contributed by atoms with Crippen LogP contribution in [0.2, 0.25) is 0 Å². The maximum atomic E-state index is 11.9. The van der Waals surface area contributed by atoms with Gasteiger partial charge >= 0.3 is 12.0 Å². The Bertz CT molecular complexity index is 284. The minimum atomic E-state index is -1.00. The average molecular weight is 258 g/mol. The van der Waals surface area contributed by atoms with Crippen molar-refractivity contribution in [1.82, 2.24) is 10.2 Å². The van der Waals surface area contributed by atoms with Gasteiger partial charge in [0.25, 0.3) is 0 Å². The smallest absolute Gasteiger partial charge is 0.326 e. The van der Waals surface area contributed by atoms with Gasteiger partial charge in [0.1, 0.15) is 6.04 Å². The Balaban J connectivity index is 4.38. The number of hydrogen-bond acceptors (Lipinski definition) is 2. The molecule has 0 aromatic heterocycles. The molecule has 0 heterocycles. The van der Waals surface area contributed by atoms with Gasteiger partial charge < -0.3 is 15.3 Å². The van der Waals surface area contributed by atoms with Crippen LogP contribution in [-0.2, 0) is 4.79 Å². The topological polar surface area (TPSA) is 69.6 Å². The number of nitrogens with one attached hydrogen (secondary N) is 1. The summed E-state index contributed by atoms with van der Waals surface area (Å²) in [7, 11) is 1.69. The van der Waals surface area contributed by atoms with Crippen LogP contribution in [0.5, 0.6) is 0 Å². The van der Waals surface area contributed by atoms with Crippen LogP contribution in [0.4, 0.5) is 4.79 Å². The molecule has 0 aliphatic carbocycles. The summed E-state index contributed by atoms with van der Waals surface area (Å²) >= 11 is 0. The number of carbonyl (C=O) groups is 2. The molecule has 1 unspecified atom stereocenters. The highest BCUT2D eigenvalue weighted by molar-refractivity contribution is 5.83. The molecule has 0 fully saturated rings. The zero-order chi connectivity index (χ0) is 14.3. The van der Waals surface area contributed by atoms with Crippen LogP contribution in [0.3, 0.4) is 0 Å². The predicted octanol–water partition coefficient (Wildman–Crippen LogP) is 2.32. The van der Waals surface area contributed by atoms with Gasteiger partial charge in [0.05, 0.1) is 0 Å². The van der Waals surface area contributed by atoms with Crippen molar-refractivity contribution in [2.45, 2.75) is 53.0 Å². The molecule has 0 spiro atoms. The lowest BCUT2D eigenvalue weighted by molar-refractivity contribution is -0.142. The van der Waals surface area contributed by atoms with E-state index in [0.29, 0.717) is 6.54 Å². The van der Waals surface area contributed by atoms with Gasteiger partial charge in [-0.2, -0.15) is 0 Å². The van der Waals surface area contributed by atoms with Gasteiger partial charge in [-0.1, -0.05) is 40.5 Å². The van der Waals surface area contributed by atoms with E-state index in [9.17, 15) is 9.59 Å². The maximum Gasteiger partial charge on any atom is 0.326 e. The number of carbonyl (C=O) groups excluding carboxylic acids is 1. The number of urea groups is 1. The fourth-order valence-electron chi connectivity index (χ4n) is 1.58. The van der Waals surface area contributed by atoms with Gasteiger partial charge in [0, 0.05) is 13.6 Å². The molecule has 0 saturated heterocycles. The third kappa shape index (κ3) is 5.89. The van der Waals surface area contributed by atoms with Crippen LogP contribution in [0.25, 0.3) is 0 Å². The summed E-state index contributed by atoms with van der Waals surface area (Å²) in [6.45, 7) is 8.13. The summed E-state index contributed by atoms with van der Waals surface area (Å²) in [5, 5.41) is 11.7. The van der Waals surface area contributed by atoms with Crippen molar-refractivity contribution in [3.63, 3.8) is 0 Å². The summed E-state index contributed by atoms with van der Waals surface area (Å²) in [6, 6.07) is -1.20. The van der Waals surface area contributed by atoms with Crippen LogP contribution >= 0.6 is 0 Å². The van der Waals surface area contributed by atoms with E-state index < -0.39 is 17.4 Å². The zero-order valence-electron chi connectivity index (χ0n) is 12.1. The Morgan fingerprint density at radius 3 is 2.22 bits per heavy atom. The van der Waals surface area contributed by atoms with Crippen molar-refractivity contribution >= 4 is 12.0 Å². The van der Waals surface area contributed by atoms with Crippen molar-refractivity contribution in [2.24, 2.45) is 5.41 Å². The largest absolute Gasteiger partial charge is 0.480 e. The highest BCUT2D eigenvalue weighted by Crippen LogP contribution is 2.19. The first kappa shape index (κ1) is 16.7. The second kappa shape index (κ2) is 7.24. The molecule has 1 atom stereocenters. The zero-order valence-corrected chi connectivity index (χ0v) is 12.1. The van der Waals surface area contributed by atoms with E-state index in [1.165, 1.54) is 4.90 Å². The maximum absolute atomic E-state index is 11.9. The Morgan fingerprint density at radius 1 is 1.28 bits per heavy atom. The minimum Gasteiger partial charge on any atom is -0.480 e. The summed E-state index contributed by atoms with van der Waals surface area (Å²) < 4.78 is 0. The first-order chi connectivity index (χ1) is 8.20. The van der Waals surface area contributed by atoms with Crippen LogP contribution in [0.1, 0.15) is 47.0 Å². The van der Waals surface area contributed by atoms with E-state index in [1.54, 1.807) is 27.8 Å². The van der Waals surface area contributed by atoms with E-state index in [2.05, 4.69) is 12.2 Å². The Labute approximate surface area is 110 Å². The first-order valence-corrected chi connectivity index (χ1v) is 6.44. The molecular weight excluding hydrogens is 232 g/mol. The van der Waals surface area contributed by atoms with Crippen molar-refractivity contribution in [3.05, 3.63) is 0 Å². The van der Waals surface area contributed by atoms with Crippen molar-refractivity contribution in [1.29, 1.82) is 0 Å². The van der Waals surface area contributed by atoms with Gasteiger partial charge in [-0.05, 0) is 11.8 Å². The predicted molar refractivity (Wildman–Crippen MR) is 71.6 cm³/mol. The molecule has 2 N–H and O–H groups in total. The number of nitrogens with zero attached hydrogens (tertiary/aromatic N) is 1. The Hall–Kier alpha value is -1.26. The molecule has 0 aromatic rings. The highest BCUT2D eigenvalue weighted by atomic mass is 16.4. The minimum absolute atomic E-state index is 0.326. The van der Waals surface area contributed by atoms with E-state index in [0.717, 1.165) is 19.3 Å². The fourth-order valence-corrected chi connectivity index (χ4v) is 1.58. The molecule has 0 radical (unpaired) electrons. The van der Waals surface area contributed by atoms with E-state index >= 15 is 0 Å². The number of rotatable bonds is 6. The molecule has 0 aromatic carbocycles. The van der Waals surface area contributed by atoms with Crippen LogP contribution in [-0.4, -0.2) is 41.6 Å². The number of carboxylic acids is 1. The van der Waals surface area contributed by atoms with Gasteiger partial charge in [-0.15, -0.1) is 0 Å². The summed E-state index contributed by atoms with van der Waals surface area (Å²) in [6.07, 6.45) is 3.10. The highest BCUT2D eigenvalue weighted by Gasteiger charge is 2.33. The molecule has 2 amide bonds. The molecule has 0 aliphatic heterocycles. The number of hydrogen-bond donors (Lipinski definition) is 2. The van der Waals surface area contributed by atoms with Crippen LogP contribution < -0.4 is 5.32 Å². The lowest BCUT2D eigenvalue weighted by Gasteiger charge is -2.29. The average Bonchev–Trinajstić information content (AvgIpc) is 2.23. The molecule has 106 valence electrons. The number of aliphatic carboxylic acids is 1. The normalized spacial score (nSPS) is 12.9. The van der Waals surface area contributed by atoms with Gasteiger partial charge in [-0.3, -0.25) is 0 Å². The summed E-state index contributed by atoms with van der Waals surface area (Å²) in [4.78, 5) is 24.5. The number of amides is 2. The second-order valence-electron chi connectivity index (χ2n) is 5.72. The molecule has 0 saturated carbocycles. The standard InChI is InChI=1S/C13H26N2O3/c1-6-7-8-9-15(5)12(18)14-10(11(16)17)13(2,3)4/h10H,6-9H2,1-5H3,(H,14,18)(H,16,17). The Morgan fingerprint density at radius 2 is 1.83 bits per heavy atom. The van der Waals surface area contributed by atoms with Crippen molar-refractivity contribution in [3.8, 4) is 0 Å². The van der Waals surface area contributed by atoms with Crippen LogP contribution in [0.15, 0.2) is 0 Å². The molecule has 0 rings (SSSR count). The third-order valence-electron chi connectivity index (χ3n) is 2.82. The van der Waals surface area contributed by atoms with E-state index in [-0.39, 0.29) is 6.03 Å². The summed E-state index contributed by atoms with van der Waals surface area (Å²) in [5.41, 5.74) is -0.508. The van der Waals surface area contributed by atoms with Crippen molar-refractivity contribution in [2.75, 3.05) is 13.6 Å².